The van der Waals surface area contributed by atoms with Crippen LogP contribution in [0, 0.1) is 56.7 Å². The number of allylic oxidation sites excluding steroid dienone is 2. The van der Waals surface area contributed by atoms with E-state index < -0.39 is 5.97 Å². The van der Waals surface area contributed by atoms with Gasteiger partial charge in [-0.05, 0) is 109 Å². The number of carboxylic acids is 1. The molecule has 0 heterocycles. The van der Waals surface area contributed by atoms with Crippen LogP contribution in [0.5, 0.6) is 0 Å². The smallest absolute Gasteiger partial charge is 0.307 e. The Labute approximate surface area is 201 Å². The average Bonchev–Trinajstić information content (AvgIpc) is 2.72. The van der Waals surface area contributed by atoms with Crippen LogP contribution in [0.3, 0.4) is 0 Å². The van der Waals surface area contributed by atoms with Crippen molar-refractivity contribution in [2.45, 2.75) is 112 Å². The molecular weight excluding hydrogens is 408 g/mol. The number of hydrogen-bond donors (Lipinski definition) is 2. The predicted octanol–water partition coefficient (Wildman–Crippen LogP) is 7.09. The molecule has 0 aromatic rings. The van der Waals surface area contributed by atoms with Crippen LogP contribution in [0.25, 0.3) is 0 Å². The van der Waals surface area contributed by atoms with Gasteiger partial charge in [-0.15, -0.1) is 0 Å². The van der Waals surface area contributed by atoms with Crippen LogP contribution in [0.1, 0.15) is 106 Å². The van der Waals surface area contributed by atoms with Crippen molar-refractivity contribution in [3.63, 3.8) is 0 Å². The van der Waals surface area contributed by atoms with Crippen LogP contribution in [-0.2, 0) is 4.79 Å². The molecule has 0 aromatic heterocycles. The Balaban J connectivity index is 1.61. The number of carboxylic acid groups (broad SMARTS) is 1. The molecule has 4 fully saturated rings. The minimum atomic E-state index is -0.575. The number of rotatable bonds is 1. The molecule has 0 bridgehead atoms. The second-order valence-electron chi connectivity index (χ2n) is 14.7. The summed E-state index contributed by atoms with van der Waals surface area (Å²) in [7, 11) is 0. The molecular formula is C30H48O3. The highest BCUT2D eigenvalue weighted by Gasteiger charge is 2.68. The largest absolute Gasteiger partial charge is 0.481 e. The lowest BCUT2D eigenvalue weighted by Gasteiger charge is -2.71. The standard InChI is InChI=1S/C30H48O3/c1-18-10-13-27(4)16-17-29(6)19(24(27)23(18)25(32)33)8-9-21-28(5)14-12-22(31)26(2,3)20(28)11-15-30(21,29)7/h8,18,20-24,31H,9-17H2,1-7H3,(H,32,33)/t18-,20-,21-,22-,23+,24+,27-,28+,29-,30-/m1/s1. The quantitative estimate of drug-likeness (QED) is 0.414. The van der Waals surface area contributed by atoms with Crippen molar-refractivity contribution in [1.29, 1.82) is 0 Å². The van der Waals surface area contributed by atoms with E-state index >= 15 is 0 Å². The van der Waals surface area contributed by atoms with Crippen LogP contribution in [0.15, 0.2) is 11.6 Å². The molecule has 2 N–H and O–H groups in total. The number of hydrogen-bond acceptors (Lipinski definition) is 2. The molecule has 5 rings (SSSR count). The Bertz CT molecular complexity index is 874. The van der Waals surface area contributed by atoms with Gasteiger partial charge in [-0.3, -0.25) is 4.79 Å². The molecule has 0 aromatic carbocycles. The van der Waals surface area contributed by atoms with Gasteiger partial charge in [0, 0.05) is 0 Å². The lowest BCUT2D eigenvalue weighted by molar-refractivity contribution is -0.204. The van der Waals surface area contributed by atoms with Crippen LogP contribution >= 0.6 is 0 Å². The topological polar surface area (TPSA) is 57.5 Å². The first-order chi connectivity index (χ1) is 15.2. The summed E-state index contributed by atoms with van der Waals surface area (Å²) in [5.41, 5.74) is 2.14. The van der Waals surface area contributed by atoms with Gasteiger partial charge in [0.05, 0.1) is 12.0 Å². The third kappa shape index (κ3) is 2.87. The molecule has 33 heavy (non-hydrogen) atoms. The third-order valence-corrected chi connectivity index (χ3v) is 13.2. The van der Waals surface area contributed by atoms with Crippen LogP contribution < -0.4 is 0 Å². The Morgan fingerprint density at radius 3 is 2.27 bits per heavy atom. The number of aliphatic hydroxyl groups excluding tert-OH is 1. The normalized spacial score (nSPS) is 55.3. The van der Waals surface area contributed by atoms with Crippen molar-refractivity contribution in [3.05, 3.63) is 11.6 Å². The van der Waals surface area contributed by atoms with E-state index in [-0.39, 0.29) is 50.9 Å². The van der Waals surface area contributed by atoms with Gasteiger partial charge in [0.1, 0.15) is 0 Å². The second kappa shape index (κ2) is 7.11. The molecule has 10 atom stereocenters. The van der Waals surface area contributed by atoms with Gasteiger partial charge in [-0.2, -0.15) is 0 Å². The fraction of sp³-hybridized carbons (Fsp3) is 0.900. The highest BCUT2D eigenvalue weighted by molar-refractivity contribution is 5.72. The van der Waals surface area contributed by atoms with Crippen molar-refractivity contribution in [2.75, 3.05) is 0 Å². The number of aliphatic hydroxyl groups is 1. The van der Waals surface area contributed by atoms with E-state index in [4.69, 9.17) is 0 Å². The number of carbonyl (C=O) groups is 1. The van der Waals surface area contributed by atoms with Crippen molar-refractivity contribution < 1.29 is 15.0 Å². The third-order valence-electron chi connectivity index (χ3n) is 13.2. The maximum absolute atomic E-state index is 12.6. The molecule has 5 aliphatic carbocycles. The molecule has 3 heteroatoms. The lowest BCUT2D eigenvalue weighted by atomic mass is 9.33. The summed E-state index contributed by atoms with van der Waals surface area (Å²) >= 11 is 0. The summed E-state index contributed by atoms with van der Waals surface area (Å²) in [4.78, 5) is 12.6. The Hall–Kier alpha value is -0.830. The van der Waals surface area contributed by atoms with Gasteiger partial charge >= 0.3 is 5.97 Å². The van der Waals surface area contributed by atoms with Crippen molar-refractivity contribution in [2.24, 2.45) is 56.7 Å². The lowest BCUT2D eigenvalue weighted by Crippen LogP contribution is -2.65. The van der Waals surface area contributed by atoms with Crippen LogP contribution in [-0.4, -0.2) is 22.3 Å². The van der Waals surface area contributed by atoms with E-state index in [1.54, 1.807) is 0 Å². The van der Waals surface area contributed by atoms with Gasteiger partial charge < -0.3 is 10.2 Å². The maximum atomic E-state index is 12.6. The zero-order valence-corrected chi connectivity index (χ0v) is 22.2. The average molecular weight is 457 g/mol. The highest BCUT2D eigenvalue weighted by Crippen LogP contribution is 2.75. The van der Waals surface area contributed by atoms with Gasteiger partial charge in [0.25, 0.3) is 0 Å². The summed E-state index contributed by atoms with van der Waals surface area (Å²) in [6.07, 6.45) is 12.5. The van der Waals surface area contributed by atoms with Crippen molar-refractivity contribution >= 4 is 5.97 Å². The number of fused-ring (bicyclic) bond motifs is 7. The molecule has 0 saturated heterocycles. The molecule has 0 spiro atoms. The first-order valence-electron chi connectivity index (χ1n) is 13.8. The van der Waals surface area contributed by atoms with Gasteiger partial charge in [-0.25, -0.2) is 0 Å². The zero-order valence-electron chi connectivity index (χ0n) is 22.2. The Kier molecular flexibility index (Phi) is 5.15. The molecule has 4 saturated carbocycles. The van der Waals surface area contributed by atoms with E-state index in [1.165, 1.54) is 31.3 Å². The summed E-state index contributed by atoms with van der Waals surface area (Å²) in [5, 5.41) is 21.2. The highest BCUT2D eigenvalue weighted by atomic mass is 16.4. The maximum Gasteiger partial charge on any atom is 0.307 e. The second-order valence-corrected chi connectivity index (χ2v) is 14.7. The zero-order chi connectivity index (χ0) is 24.2. The molecule has 5 aliphatic rings. The molecule has 3 nitrogen and oxygen atoms in total. The molecule has 0 unspecified atom stereocenters. The van der Waals surface area contributed by atoms with Gasteiger partial charge in [-0.1, -0.05) is 60.1 Å². The molecule has 186 valence electrons. The van der Waals surface area contributed by atoms with Crippen LogP contribution in [0.2, 0.25) is 0 Å². The van der Waals surface area contributed by atoms with Gasteiger partial charge in [0.2, 0.25) is 0 Å². The van der Waals surface area contributed by atoms with E-state index in [0.29, 0.717) is 11.8 Å². The van der Waals surface area contributed by atoms with Crippen molar-refractivity contribution in [1.82, 2.24) is 0 Å². The first-order valence-corrected chi connectivity index (χ1v) is 13.8. The summed E-state index contributed by atoms with van der Waals surface area (Å²) < 4.78 is 0. The van der Waals surface area contributed by atoms with E-state index in [9.17, 15) is 15.0 Å². The Morgan fingerprint density at radius 1 is 0.909 bits per heavy atom. The fourth-order valence-corrected chi connectivity index (χ4v) is 10.9. The summed E-state index contributed by atoms with van der Waals surface area (Å²) in [6, 6.07) is 0. The molecule has 0 aliphatic heterocycles. The molecule has 0 amide bonds. The minimum Gasteiger partial charge on any atom is -0.481 e. The van der Waals surface area contributed by atoms with Gasteiger partial charge in [0.15, 0.2) is 0 Å². The van der Waals surface area contributed by atoms with Crippen molar-refractivity contribution in [3.8, 4) is 0 Å². The predicted molar refractivity (Wildman–Crippen MR) is 133 cm³/mol. The SMILES string of the molecule is C[C@@H]1CC[C@]2(C)CC[C@]3(C)C(=CC[C@@H]4[C@@]5(C)CC[C@@H](O)C(C)(C)[C@H]5CC[C@]43C)[C@H]2[C@H]1C(=O)O. The van der Waals surface area contributed by atoms with E-state index in [1.807, 2.05) is 0 Å². The Morgan fingerprint density at radius 2 is 1.61 bits per heavy atom. The van der Waals surface area contributed by atoms with E-state index in [2.05, 4.69) is 54.5 Å². The first kappa shape index (κ1) is 23.9. The fourth-order valence-electron chi connectivity index (χ4n) is 10.9. The van der Waals surface area contributed by atoms with Crippen LogP contribution in [0.4, 0.5) is 0 Å². The minimum absolute atomic E-state index is 0.0302. The monoisotopic (exact) mass is 456 g/mol. The van der Waals surface area contributed by atoms with E-state index in [0.717, 1.165) is 32.1 Å². The number of aliphatic carboxylic acids is 1. The molecule has 0 radical (unpaired) electrons. The summed E-state index contributed by atoms with van der Waals surface area (Å²) in [6.45, 7) is 16.8. The summed E-state index contributed by atoms with van der Waals surface area (Å²) in [5.74, 6) is 0.785.